The van der Waals surface area contributed by atoms with Gasteiger partial charge in [0.2, 0.25) is 0 Å². The lowest BCUT2D eigenvalue weighted by Crippen LogP contribution is -2.22. The number of rotatable bonds is 5. The van der Waals surface area contributed by atoms with Gasteiger partial charge in [0.25, 0.3) is 5.56 Å². The van der Waals surface area contributed by atoms with Crippen LogP contribution < -0.4 is 5.56 Å². The SMILES string of the molecule is Cc1cnn(CCCCC(C)O)c(=O)c1. The van der Waals surface area contributed by atoms with E-state index in [4.69, 9.17) is 5.11 Å². The molecule has 0 aliphatic carbocycles. The van der Waals surface area contributed by atoms with Gasteiger partial charge in [0, 0.05) is 12.6 Å². The van der Waals surface area contributed by atoms with Gasteiger partial charge in [-0.1, -0.05) is 0 Å². The number of unbranched alkanes of at least 4 members (excludes halogenated alkanes) is 1. The topological polar surface area (TPSA) is 55.1 Å². The molecule has 4 heteroatoms. The summed E-state index contributed by atoms with van der Waals surface area (Å²) in [6.45, 7) is 4.26. The summed E-state index contributed by atoms with van der Waals surface area (Å²) >= 11 is 0. The molecule has 0 saturated carbocycles. The van der Waals surface area contributed by atoms with Crippen LogP contribution in [0.3, 0.4) is 0 Å². The predicted octanol–water partition coefficient (Wildman–Crippen LogP) is 1.10. The predicted molar refractivity (Wildman–Crippen MR) is 58.8 cm³/mol. The Balaban J connectivity index is 2.41. The van der Waals surface area contributed by atoms with Gasteiger partial charge in [0.05, 0.1) is 12.3 Å². The van der Waals surface area contributed by atoms with Crippen molar-refractivity contribution in [3.05, 3.63) is 28.2 Å². The van der Waals surface area contributed by atoms with Crippen LogP contribution in [-0.4, -0.2) is 21.0 Å². The van der Waals surface area contributed by atoms with Crippen LogP contribution >= 0.6 is 0 Å². The fourth-order valence-corrected chi connectivity index (χ4v) is 1.39. The molecule has 0 spiro atoms. The van der Waals surface area contributed by atoms with E-state index in [0.29, 0.717) is 6.54 Å². The van der Waals surface area contributed by atoms with Crippen molar-refractivity contribution >= 4 is 0 Å². The van der Waals surface area contributed by atoms with E-state index in [9.17, 15) is 4.79 Å². The first-order chi connectivity index (χ1) is 7.09. The molecule has 1 N–H and O–H groups in total. The van der Waals surface area contributed by atoms with Crippen molar-refractivity contribution in [2.45, 2.75) is 45.8 Å². The number of aromatic nitrogens is 2. The zero-order valence-corrected chi connectivity index (χ0v) is 9.31. The summed E-state index contributed by atoms with van der Waals surface area (Å²) in [5.74, 6) is 0. The van der Waals surface area contributed by atoms with Crippen molar-refractivity contribution in [1.29, 1.82) is 0 Å². The number of nitrogens with zero attached hydrogens (tertiary/aromatic N) is 2. The Morgan fingerprint density at radius 2 is 2.27 bits per heavy atom. The highest BCUT2D eigenvalue weighted by Crippen LogP contribution is 2.00. The standard InChI is InChI=1S/C11H18N2O2/c1-9-7-11(15)13(12-8-9)6-4-3-5-10(2)14/h7-8,10,14H,3-6H2,1-2H3. The van der Waals surface area contributed by atoms with Crippen LogP contribution in [0.25, 0.3) is 0 Å². The van der Waals surface area contributed by atoms with E-state index < -0.39 is 0 Å². The van der Waals surface area contributed by atoms with E-state index in [-0.39, 0.29) is 11.7 Å². The highest BCUT2D eigenvalue weighted by Gasteiger charge is 1.99. The van der Waals surface area contributed by atoms with Gasteiger partial charge < -0.3 is 5.11 Å². The largest absolute Gasteiger partial charge is 0.393 e. The lowest BCUT2D eigenvalue weighted by atomic mass is 10.2. The summed E-state index contributed by atoms with van der Waals surface area (Å²) < 4.78 is 1.47. The van der Waals surface area contributed by atoms with E-state index in [1.807, 2.05) is 6.92 Å². The number of hydrogen-bond acceptors (Lipinski definition) is 3. The van der Waals surface area contributed by atoms with Gasteiger partial charge in [-0.15, -0.1) is 0 Å². The molecule has 0 aliphatic heterocycles. The van der Waals surface area contributed by atoms with E-state index in [1.165, 1.54) is 4.68 Å². The summed E-state index contributed by atoms with van der Waals surface area (Å²) in [5.41, 5.74) is 0.840. The van der Waals surface area contributed by atoms with Gasteiger partial charge in [0.1, 0.15) is 0 Å². The maximum absolute atomic E-state index is 11.4. The van der Waals surface area contributed by atoms with Gasteiger partial charge in [0.15, 0.2) is 0 Å². The molecule has 0 bridgehead atoms. The van der Waals surface area contributed by atoms with Gasteiger partial charge in [-0.25, -0.2) is 4.68 Å². The van der Waals surface area contributed by atoms with Crippen molar-refractivity contribution < 1.29 is 5.11 Å². The molecule has 1 aromatic rings. The van der Waals surface area contributed by atoms with Crippen molar-refractivity contribution in [3.8, 4) is 0 Å². The second-order valence-electron chi connectivity index (χ2n) is 3.94. The molecular weight excluding hydrogens is 192 g/mol. The normalized spacial score (nSPS) is 12.7. The quantitative estimate of drug-likeness (QED) is 0.740. The van der Waals surface area contributed by atoms with Crippen LogP contribution in [0.1, 0.15) is 31.7 Å². The van der Waals surface area contributed by atoms with Gasteiger partial charge in [-0.3, -0.25) is 4.79 Å². The zero-order valence-electron chi connectivity index (χ0n) is 9.31. The lowest BCUT2D eigenvalue weighted by Gasteiger charge is -2.05. The highest BCUT2D eigenvalue weighted by molar-refractivity contribution is 5.02. The van der Waals surface area contributed by atoms with Crippen LogP contribution in [0, 0.1) is 6.92 Å². The first-order valence-corrected chi connectivity index (χ1v) is 5.31. The average Bonchev–Trinajstić information content (AvgIpc) is 2.14. The van der Waals surface area contributed by atoms with Crippen molar-refractivity contribution in [1.82, 2.24) is 9.78 Å². The van der Waals surface area contributed by atoms with Gasteiger partial charge >= 0.3 is 0 Å². The Bertz CT molecular complexity index is 358. The van der Waals surface area contributed by atoms with E-state index in [0.717, 1.165) is 24.8 Å². The second kappa shape index (κ2) is 5.66. The molecule has 0 aromatic carbocycles. The Morgan fingerprint density at radius 3 is 2.87 bits per heavy atom. The highest BCUT2D eigenvalue weighted by atomic mass is 16.3. The maximum atomic E-state index is 11.4. The fraction of sp³-hybridized carbons (Fsp3) is 0.636. The summed E-state index contributed by atoms with van der Waals surface area (Å²) in [6, 6.07) is 1.58. The Labute approximate surface area is 89.6 Å². The number of aliphatic hydroxyl groups excluding tert-OH is 1. The van der Waals surface area contributed by atoms with Gasteiger partial charge in [-0.05, 0) is 38.7 Å². The number of aliphatic hydroxyl groups is 1. The first kappa shape index (κ1) is 11.9. The van der Waals surface area contributed by atoms with Crippen molar-refractivity contribution in [2.75, 3.05) is 0 Å². The molecule has 1 atom stereocenters. The minimum Gasteiger partial charge on any atom is -0.393 e. The monoisotopic (exact) mass is 210 g/mol. The number of hydrogen-bond donors (Lipinski definition) is 1. The van der Waals surface area contributed by atoms with E-state index in [1.54, 1.807) is 19.2 Å². The number of aryl methyl sites for hydroxylation is 2. The molecule has 84 valence electrons. The lowest BCUT2D eigenvalue weighted by molar-refractivity contribution is 0.179. The molecule has 1 aromatic heterocycles. The molecule has 0 saturated heterocycles. The third-order valence-corrected chi connectivity index (χ3v) is 2.25. The molecule has 15 heavy (non-hydrogen) atoms. The Morgan fingerprint density at radius 1 is 1.53 bits per heavy atom. The van der Waals surface area contributed by atoms with Crippen LogP contribution in [0.15, 0.2) is 17.1 Å². The average molecular weight is 210 g/mol. The minimum atomic E-state index is -0.257. The van der Waals surface area contributed by atoms with Crippen molar-refractivity contribution in [2.24, 2.45) is 0 Å². The van der Waals surface area contributed by atoms with E-state index in [2.05, 4.69) is 5.10 Å². The van der Waals surface area contributed by atoms with Crippen molar-refractivity contribution in [3.63, 3.8) is 0 Å². The molecule has 1 unspecified atom stereocenters. The zero-order chi connectivity index (χ0) is 11.3. The van der Waals surface area contributed by atoms with Crippen LogP contribution in [-0.2, 0) is 6.54 Å². The second-order valence-corrected chi connectivity index (χ2v) is 3.94. The molecular formula is C11H18N2O2. The third-order valence-electron chi connectivity index (χ3n) is 2.25. The van der Waals surface area contributed by atoms with Crippen LogP contribution in [0.4, 0.5) is 0 Å². The molecule has 0 radical (unpaired) electrons. The summed E-state index contributed by atoms with van der Waals surface area (Å²) in [7, 11) is 0. The Hall–Kier alpha value is -1.16. The van der Waals surface area contributed by atoms with E-state index >= 15 is 0 Å². The van der Waals surface area contributed by atoms with Crippen LogP contribution in [0.2, 0.25) is 0 Å². The molecule has 0 amide bonds. The molecule has 0 aliphatic rings. The summed E-state index contributed by atoms with van der Waals surface area (Å²) in [4.78, 5) is 11.4. The minimum absolute atomic E-state index is 0.0490. The maximum Gasteiger partial charge on any atom is 0.266 e. The molecule has 4 nitrogen and oxygen atoms in total. The fourth-order valence-electron chi connectivity index (χ4n) is 1.39. The van der Waals surface area contributed by atoms with Crippen LogP contribution in [0.5, 0.6) is 0 Å². The third kappa shape index (κ3) is 4.25. The summed E-state index contributed by atoms with van der Waals surface area (Å²) in [5, 5.41) is 13.1. The molecule has 0 fully saturated rings. The summed E-state index contributed by atoms with van der Waals surface area (Å²) in [6.07, 6.45) is 4.00. The Kier molecular flexibility index (Phi) is 4.49. The molecule has 1 rings (SSSR count). The first-order valence-electron chi connectivity index (χ1n) is 5.31. The molecule has 1 heterocycles. The van der Waals surface area contributed by atoms with Gasteiger partial charge in [-0.2, -0.15) is 5.10 Å². The smallest absolute Gasteiger partial charge is 0.266 e.